The lowest BCUT2D eigenvalue weighted by atomic mass is 10.1. The van der Waals surface area contributed by atoms with Crippen molar-refractivity contribution in [1.29, 1.82) is 0 Å². The third kappa shape index (κ3) is 3.89. The molecule has 1 saturated carbocycles. The van der Waals surface area contributed by atoms with Crippen LogP contribution in [0.25, 0.3) is 10.9 Å². The van der Waals surface area contributed by atoms with E-state index in [9.17, 15) is 9.50 Å². The van der Waals surface area contributed by atoms with Gasteiger partial charge in [0, 0.05) is 39.9 Å². The van der Waals surface area contributed by atoms with Gasteiger partial charge in [0.15, 0.2) is 0 Å². The Morgan fingerprint density at radius 3 is 2.56 bits per heavy atom. The minimum atomic E-state index is -0.208. The van der Waals surface area contributed by atoms with Gasteiger partial charge in [-0.1, -0.05) is 0 Å². The van der Waals surface area contributed by atoms with Crippen LogP contribution < -0.4 is 0 Å². The number of phenols is 1. The Hall–Kier alpha value is -1.50. The zero-order valence-electron chi connectivity index (χ0n) is 15.4. The maximum atomic E-state index is 13.1. The molecular weight excluding hydrogens is 427 g/mol. The van der Waals surface area contributed by atoms with Gasteiger partial charge in [0.05, 0.1) is 9.99 Å². The van der Waals surface area contributed by atoms with Crippen molar-refractivity contribution in [2.24, 2.45) is 0 Å². The van der Waals surface area contributed by atoms with Crippen LogP contribution >= 0.6 is 27.7 Å². The Morgan fingerprint density at radius 2 is 1.93 bits per heavy atom. The van der Waals surface area contributed by atoms with E-state index in [-0.39, 0.29) is 5.82 Å². The zero-order valence-corrected chi connectivity index (χ0v) is 17.8. The average Bonchev–Trinajstić information content (AvgIpc) is 3.40. The monoisotopic (exact) mass is 448 g/mol. The number of aromatic nitrogens is 1. The van der Waals surface area contributed by atoms with E-state index < -0.39 is 0 Å². The summed E-state index contributed by atoms with van der Waals surface area (Å²) in [6.45, 7) is 0.682. The van der Waals surface area contributed by atoms with Crippen LogP contribution in [0.4, 0.5) is 4.39 Å². The maximum absolute atomic E-state index is 13.1. The lowest BCUT2D eigenvalue weighted by Gasteiger charge is -2.15. The topological polar surface area (TPSA) is 28.4 Å². The van der Waals surface area contributed by atoms with Gasteiger partial charge in [-0.25, -0.2) is 4.39 Å². The molecule has 0 unspecified atom stereocenters. The fourth-order valence-corrected chi connectivity index (χ4v) is 4.80. The van der Waals surface area contributed by atoms with Crippen molar-refractivity contribution in [1.82, 2.24) is 9.47 Å². The largest absolute Gasteiger partial charge is 0.506 e. The summed E-state index contributed by atoms with van der Waals surface area (Å²) in [7, 11) is 4.02. The summed E-state index contributed by atoms with van der Waals surface area (Å²) in [5, 5.41) is 11.7. The van der Waals surface area contributed by atoms with E-state index in [0.29, 0.717) is 18.3 Å². The van der Waals surface area contributed by atoms with Crippen molar-refractivity contribution < 1.29 is 9.50 Å². The molecule has 1 aliphatic rings. The molecule has 4 rings (SSSR count). The standard InChI is InChI=1S/C21H22BrFN2OS/c1-24(2)11-18-17-9-15(12-27-16-7-3-13(23)4-8-16)25(14-5-6-14)20(17)10-19(22)21(18)26/h3-4,7-10,14,26H,5-6,11-12H2,1-2H3. The Balaban J connectivity index is 1.75. The molecule has 0 saturated heterocycles. The molecule has 1 fully saturated rings. The van der Waals surface area contributed by atoms with Crippen LogP contribution in [-0.4, -0.2) is 28.7 Å². The van der Waals surface area contributed by atoms with Gasteiger partial charge in [-0.3, -0.25) is 0 Å². The number of rotatable bonds is 6. The quantitative estimate of drug-likeness (QED) is 0.473. The normalized spacial score (nSPS) is 14.4. The Labute approximate surface area is 171 Å². The van der Waals surface area contributed by atoms with Gasteiger partial charge >= 0.3 is 0 Å². The van der Waals surface area contributed by atoms with Crippen molar-refractivity contribution in [2.45, 2.75) is 36.1 Å². The molecule has 1 heterocycles. The molecule has 27 heavy (non-hydrogen) atoms. The molecule has 6 heteroatoms. The third-order valence-electron chi connectivity index (χ3n) is 4.84. The van der Waals surface area contributed by atoms with Crippen LogP contribution in [0.15, 0.2) is 45.8 Å². The number of fused-ring (bicyclic) bond motifs is 1. The van der Waals surface area contributed by atoms with E-state index in [1.807, 2.05) is 32.3 Å². The van der Waals surface area contributed by atoms with E-state index in [1.165, 1.54) is 36.2 Å². The van der Waals surface area contributed by atoms with Gasteiger partial charge in [0.25, 0.3) is 0 Å². The van der Waals surface area contributed by atoms with E-state index in [2.05, 4.69) is 31.5 Å². The van der Waals surface area contributed by atoms with Gasteiger partial charge in [0.2, 0.25) is 0 Å². The molecule has 0 bridgehead atoms. The number of benzene rings is 2. The lowest BCUT2D eigenvalue weighted by Crippen LogP contribution is -2.11. The predicted octanol–water partition coefficient (Wildman–Crippen LogP) is 5.94. The maximum Gasteiger partial charge on any atom is 0.135 e. The van der Waals surface area contributed by atoms with Gasteiger partial charge < -0.3 is 14.6 Å². The second kappa shape index (κ2) is 7.49. The molecule has 2 aromatic carbocycles. The summed E-state index contributed by atoms with van der Waals surface area (Å²) >= 11 is 5.24. The first kappa shape index (κ1) is 18.8. The molecule has 0 aliphatic heterocycles. The zero-order chi connectivity index (χ0) is 19.1. The van der Waals surface area contributed by atoms with E-state index >= 15 is 0 Å². The second-order valence-corrected chi connectivity index (χ2v) is 9.24. The highest BCUT2D eigenvalue weighted by Gasteiger charge is 2.29. The van der Waals surface area contributed by atoms with Crippen LogP contribution in [0, 0.1) is 5.82 Å². The molecule has 0 amide bonds. The predicted molar refractivity (Wildman–Crippen MR) is 113 cm³/mol. The summed E-state index contributed by atoms with van der Waals surface area (Å²) in [5.74, 6) is 0.929. The summed E-state index contributed by atoms with van der Waals surface area (Å²) in [6.07, 6.45) is 2.39. The van der Waals surface area contributed by atoms with Gasteiger partial charge in [-0.15, -0.1) is 11.8 Å². The van der Waals surface area contributed by atoms with Crippen LogP contribution in [-0.2, 0) is 12.3 Å². The number of nitrogens with zero attached hydrogens (tertiary/aromatic N) is 2. The van der Waals surface area contributed by atoms with E-state index in [4.69, 9.17) is 0 Å². The van der Waals surface area contributed by atoms with E-state index in [1.54, 1.807) is 11.8 Å². The Kier molecular flexibility index (Phi) is 5.23. The number of thioether (sulfide) groups is 1. The number of phenolic OH excluding ortho intramolecular Hbond substituents is 1. The van der Waals surface area contributed by atoms with Crippen molar-refractivity contribution >= 4 is 38.6 Å². The average molecular weight is 449 g/mol. The molecule has 0 radical (unpaired) electrons. The molecule has 1 aliphatic carbocycles. The summed E-state index contributed by atoms with van der Waals surface area (Å²) in [6, 6.07) is 11.4. The first-order valence-corrected chi connectivity index (χ1v) is 10.8. The van der Waals surface area contributed by atoms with Crippen LogP contribution in [0.3, 0.4) is 0 Å². The minimum Gasteiger partial charge on any atom is -0.506 e. The number of aromatic hydroxyl groups is 1. The molecule has 1 aromatic heterocycles. The van der Waals surface area contributed by atoms with Crippen molar-refractivity contribution in [3.63, 3.8) is 0 Å². The summed E-state index contributed by atoms with van der Waals surface area (Å²) < 4.78 is 16.3. The summed E-state index contributed by atoms with van der Waals surface area (Å²) in [4.78, 5) is 3.13. The minimum absolute atomic E-state index is 0.208. The Bertz CT molecular complexity index is 980. The van der Waals surface area contributed by atoms with Gasteiger partial charge in [-0.05, 0) is 79.3 Å². The SMILES string of the molecule is CN(C)Cc1c(O)c(Br)cc2c1cc(CSc1ccc(F)cc1)n2C1CC1. The molecular formula is C21H22BrFN2OS. The number of hydrogen-bond donors (Lipinski definition) is 1. The smallest absolute Gasteiger partial charge is 0.135 e. The van der Waals surface area contributed by atoms with Gasteiger partial charge in [0.1, 0.15) is 11.6 Å². The number of hydrogen-bond acceptors (Lipinski definition) is 3. The van der Waals surface area contributed by atoms with E-state index in [0.717, 1.165) is 26.1 Å². The third-order valence-corrected chi connectivity index (χ3v) is 6.49. The molecule has 3 aromatic rings. The highest BCUT2D eigenvalue weighted by atomic mass is 79.9. The van der Waals surface area contributed by atoms with Crippen molar-refractivity contribution in [3.05, 3.63) is 57.9 Å². The molecule has 0 spiro atoms. The van der Waals surface area contributed by atoms with Gasteiger partial charge in [-0.2, -0.15) is 0 Å². The fraction of sp³-hybridized carbons (Fsp3) is 0.333. The van der Waals surface area contributed by atoms with Crippen LogP contribution in [0.1, 0.15) is 30.1 Å². The first-order valence-electron chi connectivity index (χ1n) is 9.01. The second-order valence-electron chi connectivity index (χ2n) is 7.34. The highest BCUT2D eigenvalue weighted by Crippen LogP contribution is 2.44. The van der Waals surface area contributed by atoms with Crippen molar-refractivity contribution in [3.8, 4) is 5.75 Å². The molecule has 142 valence electrons. The lowest BCUT2D eigenvalue weighted by molar-refractivity contribution is 0.387. The summed E-state index contributed by atoms with van der Waals surface area (Å²) in [5.41, 5.74) is 3.38. The molecule has 0 atom stereocenters. The highest BCUT2D eigenvalue weighted by molar-refractivity contribution is 9.10. The van der Waals surface area contributed by atoms with Crippen LogP contribution in [0.5, 0.6) is 5.75 Å². The molecule has 3 nitrogen and oxygen atoms in total. The molecule has 1 N–H and O–H groups in total. The first-order chi connectivity index (χ1) is 12.9. The Morgan fingerprint density at radius 1 is 1.22 bits per heavy atom. The fourth-order valence-electron chi connectivity index (χ4n) is 3.48. The van der Waals surface area contributed by atoms with Crippen molar-refractivity contribution in [2.75, 3.05) is 14.1 Å². The number of halogens is 2. The van der Waals surface area contributed by atoms with Crippen LogP contribution in [0.2, 0.25) is 0 Å².